The second kappa shape index (κ2) is 18.5. The molecule has 6 N–H and O–H groups in total. The summed E-state index contributed by atoms with van der Waals surface area (Å²) in [5.74, 6) is -4.90. The SMILES string of the molecule is CCOC(=O)C1=C(C=O)/C(=C2\C[C@H](CO)C(=O)[C@@H](c3ccc4[nH]ccc4c3)C2)c2c(c(CO)c3c(c2O[C@@H]2CCCC(O)(O)C2)C[C@@H]([C@](C)(O)C2CCN(CCCOC)CC2)O3)O1. The molecule has 3 fully saturated rings. The molecule has 15 heteroatoms. The number of aldehydes is 1. The molecule has 1 aromatic heterocycles. The average molecular weight is 873 g/mol. The number of hydrogen-bond acceptors (Lipinski definition) is 14. The lowest BCUT2D eigenvalue weighted by molar-refractivity contribution is -0.196. The van der Waals surface area contributed by atoms with Gasteiger partial charge in [0.05, 0.1) is 36.5 Å². The second-order valence-corrected chi connectivity index (χ2v) is 18.0. The molecule has 0 radical (unpaired) electrons. The van der Waals surface area contributed by atoms with Crippen molar-refractivity contribution >= 4 is 34.5 Å². The van der Waals surface area contributed by atoms with E-state index in [2.05, 4.69) is 9.88 Å². The lowest BCUT2D eigenvalue weighted by atomic mass is 9.71. The highest BCUT2D eigenvalue weighted by Gasteiger charge is 2.50. The van der Waals surface area contributed by atoms with Gasteiger partial charge in [-0.3, -0.25) is 9.59 Å². The minimum atomic E-state index is -2.01. The van der Waals surface area contributed by atoms with E-state index in [1.54, 1.807) is 21.0 Å². The molecule has 340 valence electrons. The van der Waals surface area contributed by atoms with Gasteiger partial charge in [0.1, 0.15) is 40.8 Å². The number of benzene rings is 2. The normalized spacial score (nSPS) is 26.1. The molecular weight excluding hydrogens is 813 g/mol. The first-order valence-corrected chi connectivity index (χ1v) is 22.3. The Morgan fingerprint density at radius 3 is 2.59 bits per heavy atom. The zero-order valence-electron chi connectivity index (χ0n) is 36.3. The molecule has 0 amide bonds. The smallest absolute Gasteiger partial charge is 0.375 e. The molecule has 0 unspecified atom stereocenters. The van der Waals surface area contributed by atoms with Crippen molar-refractivity contribution in [2.75, 3.05) is 46.6 Å². The van der Waals surface area contributed by atoms with Gasteiger partial charge in [-0.25, -0.2) is 4.79 Å². The van der Waals surface area contributed by atoms with E-state index < -0.39 is 60.4 Å². The standard InChI is InChI=1S/C48H60N2O13/c1-4-60-46(55)45-35(25-52)39(29-20-30(24-51)41(54)33(21-29)27-8-9-37-28(19-27)10-14-49-37)40-43(61-32-7-5-13-48(57,58)23-32)34-22-38(62-42(34)36(26-53)44(40)63-45)47(2,56)31-11-16-50(17-12-31)15-6-18-59-3/h8-10,14,19,25,30-33,38,49,51,53,56-58H,4-7,11-13,15-18,20-24,26H2,1-3H3/b39-29-/t30-,32-,33-,38+,47-/m1/s1. The van der Waals surface area contributed by atoms with E-state index in [4.69, 9.17) is 23.7 Å². The molecule has 8 rings (SSSR count). The molecule has 15 nitrogen and oxygen atoms in total. The summed E-state index contributed by atoms with van der Waals surface area (Å²) in [5, 5.41) is 57.0. The van der Waals surface area contributed by atoms with Crippen LogP contribution in [0.1, 0.15) is 99.8 Å². The number of aliphatic hydroxyl groups is 5. The Labute approximate surface area is 366 Å². The van der Waals surface area contributed by atoms with Crippen molar-refractivity contribution < 1.29 is 63.6 Å². The van der Waals surface area contributed by atoms with Crippen LogP contribution in [0.4, 0.5) is 0 Å². The highest BCUT2D eigenvalue weighted by molar-refractivity contribution is 6.11. The third kappa shape index (κ3) is 8.68. The van der Waals surface area contributed by atoms with E-state index in [9.17, 15) is 39.9 Å². The predicted octanol–water partition coefficient (Wildman–Crippen LogP) is 4.38. The fourth-order valence-electron chi connectivity index (χ4n) is 10.6. The van der Waals surface area contributed by atoms with E-state index in [1.807, 2.05) is 30.5 Å². The van der Waals surface area contributed by atoms with E-state index in [0.29, 0.717) is 42.4 Å². The summed E-state index contributed by atoms with van der Waals surface area (Å²) in [6.45, 7) is 5.39. The van der Waals surface area contributed by atoms with Gasteiger partial charge in [-0.2, -0.15) is 0 Å². The largest absolute Gasteiger partial charge is 0.489 e. The van der Waals surface area contributed by atoms with Crippen molar-refractivity contribution in [1.29, 1.82) is 0 Å². The maximum absolute atomic E-state index is 14.2. The first-order valence-electron chi connectivity index (χ1n) is 22.3. The third-order valence-corrected chi connectivity index (χ3v) is 14.0. The van der Waals surface area contributed by atoms with Crippen LogP contribution >= 0.6 is 0 Å². The van der Waals surface area contributed by atoms with Gasteiger partial charge in [0.2, 0.25) is 5.76 Å². The number of Topliss-reactive ketones (excluding diaryl/α,β-unsaturated/α-hetero) is 1. The molecular formula is C48H60N2O13. The molecule has 4 heterocycles. The number of aliphatic hydroxyl groups excluding tert-OH is 2. The maximum atomic E-state index is 14.2. The van der Waals surface area contributed by atoms with Gasteiger partial charge >= 0.3 is 5.97 Å². The summed E-state index contributed by atoms with van der Waals surface area (Å²) in [5.41, 5.74) is 1.77. The summed E-state index contributed by atoms with van der Waals surface area (Å²) in [4.78, 5) is 47.1. The summed E-state index contributed by atoms with van der Waals surface area (Å²) >= 11 is 0. The Morgan fingerprint density at radius 1 is 1.10 bits per heavy atom. The molecule has 2 aliphatic carbocycles. The third-order valence-electron chi connectivity index (χ3n) is 14.0. The van der Waals surface area contributed by atoms with Gasteiger partial charge in [-0.15, -0.1) is 0 Å². The van der Waals surface area contributed by atoms with Crippen molar-refractivity contribution in [3.63, 3.8) is 0 Å². The molecule has 5 aliphatic rings. The van der Waals surface area contributed by atoms with E-state index in [0.717, 1.165) is 49.8 Å². The Kier molecular flexibility index (Phi) is 13.2. The van der Waals surface area contributed by atoms with Crippen LogP contribution in [0.5, 0.6) is 17.2 Å². The number of esters is 1. The quantitative estimate of drug-likeness (QED) is 0.0574. The van der Waals surface area contributed by atoms with Crippen molar-refractivity contribution in [2.24, 2.45) is 11.8 Å². The van der Waals surface area contributed by atoms with Crippen LogP contribution in [0.3, 0.4) is 0 Å². The number of ether oxygens (including phenoxy) is 5. The number of H-pyrrole nitrogens is 1. The molecule has 63 heavy (non-hydrogen) atoms. The van der Waals surface area contributed by atoms with Crippen LogP contribution in [-0.4, -0.2) is 124 Å². The average Bonchev–Trinajstić information content (AvgIpc) is 3.94. The second-order valence-electron chi connectivity index (χ2n) is 18.0. The van der Waals surface area contributed by atoms with Gasteiger partial charge in [0.25, 0.3) is 0 Å². The van der Waals surface area contributed by atoms with Crippen molar-refractivity contribution in [3.8, 4) is 17.2 Å². The summed E-state index contributed by atoms with van der Waals surface area (Å²) < 4.78 is 30.7. The zero-order chi connectivity index (χ0) is 44.6. The Balaban J connectivity index is 1.30. The van der Waals surface area contributed by atoms with Crippen molar-refractivity contribution in [2.45, 2.75) is 114 Å². The van der Waals surface area contributed by atoms with Crippen LogP contribution < -0.4 is 14.2 Å². The van der Waals surface area contributed by atoms with Crippen LogP contribution in [0, 0.1) is 11.8 Å². The van der Waals surface area contributed by atoms with Gasteiger partial charge in [-0.1, -0.05) is 11.6 Å². The number of hydrogen-bond donors (Lipinski definition) is 6. The fourth-order valence-corrected chi connectivity index (χ4v) is 10.6. The molecule has 5 atom stereocenters. The number of aromatic amines is 1. The van der Waals surface area contributed by atoms with Crippen molar-refractivity contribution in [1.82, 2.24) is 9.88 Å². The monoisotopic (exact) mass is 872 g/mol. The topological polar surface area (TPSA) is 218 Å². The Morgan fingerprint density at radius 2 is 1.89 bits per heavy atom. The fraction of sp³-hybridized carbons (Fsp3) is 0.562. The van der Waals surface area contributed by atoms with Crippen LogP contribution in [0.2, 0.25) is 0 Å². The Bertz CT molecular complexity index is 2280. The zero-order valence-corrected chi connectivity index (χ0v) is 36.3. The molecule has 1 saturated heterocycles. The lowest BCUT2D eigenvalue weighted by Gasteiger charge is -2.42. The highest BCUT2D eigenvalue weighted by Crippen LogP contribution is 2.58. The van der Waals surface area contributed by atoms with Crippen LogP contribution in [0.25, 0.3) is 16.5 Å². The van der Waals surface area contributed by atoms with E-state index in [1.165, 1.54) is 0 Å². The first kappa shape index (κ1) is 45.0. The Hall–Kier alpha value is -4.61. The maximum Gasteiger partial charge on any atom is 0.375 e. The molecule has 2 saturated carbocycles. The number of carbonyl (C=O) groups is 3. The van der Waals surface area contributed by atoms with E-state index in [-0.39, 0.29) is 89.9 Å². The minimum Gasteiger partial charge on any atom is -0.489 e. The minimum absolute atomic E-state index is 0.0233. The highest BCUT2D eigenvalue weighted by atomic mass is 16.6. The number of aromatic nitrogens is 1. The molecule has 3 aliphatic heterocycles. The number of rotatable bonds is 14. The van der Waals surface area contributed by atoms with Crippen LogP contribution in [0.15, 0.2) is 47.4 Å². The number of ketones is 1. The number of carbonyl (C=O) groups excluding carboxylic acids is 3. The first-order chi connectivity index (χ1) is 30.3. The number of likely N-dealkylation sites (tertiary alicyclic amines) is 1. The summed E-state index contributed by atoms with van der Waals surface area (Å²) in [7, 11) is 1.69. The number of fused-ring (bicyclic) bond motifs is 3. The van der Waals surface area contributed by atoms with Crippen molar-refractivity contribution in [3.05, 3.63) is 69.6 Å². The summed E-state index contributed by atoms with van der Waals surface area (Å²) in [6, 6.07) is 7.58. The number of methoxy groups -OCH3 is 1. The molecule has 3 aromatic rings. The van der Waals surface area contributed by atoms with E-state index >= 15 is 0 Å². The predicted molar refractivity (Wildman–Crippen MR) is 230 cm³/mol. The summed E-state index contributed by atoms with van der Waals surface area (Å²) in [6.07, 6.45) is 4.31. The number of nitrogens with one attached hydrogen (secondary N) is 1. The van der Waals surface area contributed by atoms with Gasteiger partial charge in [0.15, 0.2) is 12.1 Å². The number of piperidine rings is 1. The molecule has 0 spiro atoms. The van der Waals surface area contributed by atoms with Crippen LogP contribution in [-0.2, 0) is 36.9 Å². The number of nitrogens with zero attached hydrogens (tertiary/aromatic N) is 1. The van der Waals surface area contributed by atoms with Gasteiger partial charge < -0.3 is 59.1 Å². The molecule has 2 aromatic carbocycles. The lowest BCUT2D eigenvalue weighted by Crippen LogP contribution is -2.52. The van der Waals surface area contributed by atoms with Gasteiger partial charge in [-0.05, 0) is 107 Å². The number of allylic oxidation sites excluding steroid dienone is 3. The van der Waals surface area contributed by atoms with Gasteiger partial charge in [0, 0.05) is 74.2 Å². The molecule has 0 bridgehead atoms.